The van der Waals surface area contributed by atoms with Gasteiger partial charge in [-0.05, 0) is 23.1 Å². The highest BCUT2D eigenvalue weighted by atomic mass is 14.6. The van der Waals surface area contributed by atoms with Crippen LogP contribution in [-0.2, 0) is 0 Å². The minimum atomic E-state index is 0.667. The van der Waals surface area contributed by atoms with Crippen molar-refractivity contribution in [1.82, 2.24) is 4.98 Å². The molecule has 0 radical (unpaired) electrons. The molecule has 0 unspecified atom stereocenters. The summed E-state index contributed by atoms with van der Waals surface area (Å²) in [6.07, 6.45) is 3.70. The van der Waals surface area contributed by atoms with Crippen LogP contribution in [-0.4, -0.2) is 4.98 Å². The fourth-order valence-corrected chi connectivity index (χ4v) is 2.10. The third-order valence-corrected chi connectivity index (χ3v) is 2.97. The second kappa shape index (κ2) is 4.31. The largest absolute Gasteiger partial charge is 0.263 e. The molecule has 2 nitrogen and oxygen atoms in total. The molecule has 0 amide bonds. The molecule has 1 heterocycles. The van der Waals surface area contributed by atoms with Gasteiger partial charge in [0.05, 0.1) is 11.6 Å². The van der Waals surface area contributed by atoms with E-state index in [-0.39, 0.29) is 0 Å². The van der Waals surface area contributed by atoms with E-state index < -0.39 is 0 Å². The molecule has 0 atom stereocenters. The van der Waals surface area contributed by atoms with Gasteiger partial charge in [-0.2, -0.15) is 5.26 Å². The molecule has 0 aliphatic carbocycles. The molecular weight excluding hydrogens is 220 g/mol. The molecule has 0 aliphatic rings. The van der Waals surface area contributed by atoms with Crippen molar-refractivity contribution in [2.75, 3.05) is 0 Å². The number of benzene rings is 2. The first-order valence-electron chi connectivity index (χ1n) is 5.72. The van der Waals surface area contributed by atoms with Crippen LogP contribution in [0.2, 0.25) is 0 Å². The Labute approximate surface area is 105 Å². The van der Waals surface area contributed by atoms with Crippen LogP contribution in [0, 0.1) is 11.3 Å². The smallest absolute Gasteiger partial charge is 0.0991 e. The van der Waals surface area contributed by atoms with Crippen LogP contribution in [0.15, 0.2) is 60.9 Å². The first-order chi connectivity index (χ1) is 8.88. The van der Waals surface area contributed by atoms with Gasteiger partial charge in [0.1, 0.15) is 0 Å². The van der Waals surface area contributed by atoms with Crippen LogP contribution < -0.4 is 0 Å². The van der Waals surface area contributed by atoms with Gasteiger partial charge in [0.25, 0.3) is 0 Å². The molecule has 18 heavy (non-hydrogen) atoms. The van der Waals surface area contributed by atoms with Crippen LogP contribution >= 0.6 is 0 Å². The number of fused-ring (bicyclic) bond motifs is 1. The van der Waals surface area contributed by atoms with Crippen LogP contribution in [0.3, 0.4) is 0 Å². The summed E-state index contributed by atoms with van der Waals surface area (Å²) in [6, 6.07) is 17.9. The molecule has 1 aromatic heterocycles. The number of hydrogen-bond acceptors (Lipinski definition) is 2. The Morgan fingerprint density at radius 2 is 1.83 bits per heavy atom. The summed E-state index contributed by atoms with van der Waals surface area (Å²) in [5.74, 6) is 0. The van der Waals surface area contributed by atoms with Gasteiger partial charge in [0, 0.05) is 23.3 Å². The Kier molecular flexibility index (Phi) is 2.51. The Morgan fingerprint density at radius 1 is 0.944 bits per heavy atom. The predicted octanol–water partition coefficient (Wildman–Crippen LogP) is 3.77. The highest BCUT2D eigenvalue weighted by molar-refractivity contribution is 5.95. The van der Waals surface area contributed by atoms with Crippen molar-refractivity contribution >= 4 is 10.8 Å². The van der Waals surface area contributed by atoms with Crippen molar-refractivity contribution in [2.45, 2.75) is 0 Å². The lowest BCUT2D eigenvalue weighted by molar-refractivity contribution is 1.36. The minimum absolute atomic E-state index is 0.667. The Balaban J connectivity index is 2.28. The number of nitriles is 1. The lowest BCUT2D eigenvalue weighted by Gasteiger charge is -2.06. The van der Waals surface area contributed by atoms with Gasteiger partial charge >= 0.3 is 0 Å². The van der Waals surface area contributed by atoms with Crippen LogP contribution in [0.25, 0.3) is 21.9 Å². The number of pyridine rings is 1. The summed E-state index contributed by atoms with van der Waals surface area (Å²) in [5, 5.41) is 11.2. The van der Waals surface area contributed by atoms with E-state index in [4.69, 9.17) is 5.26 Å². The average Bonchev–Trinajstić information content (AvgIpc) is 2.47. The highest BCUT2D eigenvalue weighted by Crippen LogP contribution is 2.27. The normalized spacial score (nSPS) is 10.2. The monoisotopic (exact) mass is 230 g/mol. The molecule has 84 valence electrons. The van der Waals surface area contributed by atoms with Gasteiger partial charge in [0.2, 0.25) is 0 Å². The first kappa shape index (κ1) is 10.5. The molecule has 0 saturated heterocycles. The molecule has 2 aromatic carbocycles. The van der Waals surface area contributed by atoms with E-state index in [9.17, 15) is 0 Å². The molecule has 0 saturated carbocycles. The second-order valence-corrected chi connectivity index (χ2v) is 4.10. The average molecular weight is 230 g/mol. The Morgan fingerprint density at radius 3 is 2.72 bits per heavy atom. The summed E-state index contributed by atoms with van der Waals surface area (Å²) in [4.78, 5) is 4.26. The summed E-state index contributed by atoms with van der Waals surface area (Å²) in [5.41, 5.74) is 2.75. The van der Waals surface area contributed by atoms with Gasteiger partial charge in [-0.15, -0.1) is 0 Å². The van der Waals surface area contributed by atoms with E-state index in [1.807, 2.05) is 54.9 Å². The molecule has 0 spiro atoms. The fraction of sp³-hybridized carbons (Fsp3) is 0. The van der Waals surface area contributed by atoms with Crippen molar-refractivity contribution in [2.24, 2.45) is 0 Å². The number of rotatable bonds is 1. The topological polar surface area (TPSA) is 36.7 Å². The maximum atomic E-state index is 8.96. The lowest BCUT2D eigenvalue weighted by atomic mass is 10.00. The van der Waals surface area contributed by atoms with E-state index in [0.29, 0.717) is 5.56 Å². The molecule has 3 rings (SSSR count). The van der Waals surface area contributed by atoms with Crippen molar-refractivity contribution in [1.29, 1.82) is 5.26 Å². The van der Waals surface area contributed by atoms with Gasteiger partial charge < -0.3 is 0 Å². The third-order valence-electron chi connectivity index (χ3n) is 2.97. The molecule has 3 aromatic rings. The van der Waals surface area contributed by atoms with Gasteiger partial charge in [-0.25, -0.2) is 0 Å². The molecule has 0 fully saturated rings. The lowest BCUT2D eigenvalue weighted by Crippen LogP contribution is -1.84. The fourth-order valence-electron chi connectivity index (χ4n) is 2.10. The van der Waals surface area contributed by atoms with Crippen molar-refractivity contribution in [3.05, 3.63) is 66.5 Å². The van der Waals surface area contributed by atoms with E-state index in [2.05, 4.69) is 17.1 Å². The number of hydrogen-bond donors (Lipinski definition) is 0. The van der Waals surface area contributed by atoms with Gasteiger partial charge in [0.15, 0.2) is 0 Å². The maximum absolute atomic E-state index is 8.96. The SMILES string of the molecule is N#Cc1cccc(-c2cncc3ccccc23)c1. The quantitative estimate of drug-likeness (QED) is 0.638. The standard InChI is InChI=1S/C16H10N2/c17-9-12-4-3-6-13(8-12)16-11-18-10-14-5-1-2-7-15(14)16/h1-8,10-11H. The predicted molar refractivity (Wildman–Crippen MR) is 71.9 cm³/mol. The van der Waals surface area contributed by atoms with E-state index in [1.165, 1.54) is 0 Å². The second-order valence-electron chi connectivity index (χ2n) is 4.10. The van der Waals surface area contributed by atoms with Crippen LogP contribution in [0.5, 0.6) is 0 Å². The van der Waals surface area contributed by atoms with Gasteiger partial charge in [-0.3, -0.25) is 4.98 Å². The molecule has 0 N–H and O–H groups in total. The maximum Gasteiger partial charge on any atom is 0.0991 e. The van der Waals surface area contributed by atoms with Crippen molar-refractivity contribution in [3.63, 3.8) is 0 Å². The highest BCUT2D eigenvalue weighted by Gasteiger charge is 2.04. The Bertz CT molecular complexity index is 749. The molecule has 0 bridgehead atoms. The number of aromatic nitrogens is 1. The number of nitrogens with zero attached hydrogens (tertiary/aromatic N) is 2. The first-order valence-corrected chi connectivity index (χ1v) is 5.72. The van der Waals surface area contributed by atoms with E-state index in [0.717, 1.165) is 21.9 Å². The zero-order valence-corrected chi connectivity index (χ0v) is 9.67. The van der Waals surface area contributed by atoms with E-state index in [1.54, 1.807) is 0 Å². The van der Waals surface area contributed by atoms with E-state index >= 15 is 0 Å². The third kappa shape index (κ3) is 1.72. The zero-order valence-electron chi connectivity index (χ0n) is 9.67. The zero-order chi connectivity index (χ0) is 12.4. The van der Waals surface area contributed by atoms with Crippen LogP contribution in [0.1, 0.15) is 5.56 Å². The summed E-state index contributed by atoms with van der Waals surface area (Å²) in [6.45, 7) is 0. The van der Waals surface area contributed by atoms with Gasteiger partial charge in [-0.1, -0.05) is 36.4 Å². The summed E-state index contributed by atoms with van der Waals surface area (Å²) in [7, 11) is 0. The minimum Gasteiger partial charge on any atom is -0.263 e. The molecular formula is C16H10N2. The van der Waals surface area contributed by atoms with Crippen molar-refractivity contribution in [3.8, 4) is 17.2 Å². The summed E-state index contributed by atoms with van der Waals surface area (Å²) >= 11 is 0. The molecule has 2 heteroatoms. The van der Waals surface area contributed by atoms with Crippen molar-refractivity contribution < 1.29 is 0 Å². The molecule has 0 aliphatic heterocycles. The Hall–Kier alpha value is -2.66. The van der Waals surface area contributed by atoms with Crippen LogP contribution in [0.4, 0.5) is 0 Å². The summed E-state index contributed by atoms with van der Waals surface area (Å²) < 4.78 is 0.